The first-order chi connectivity index (χ1) is 12.6. The first-order valence-electron chi connectivity index (χ1n) is 8.87. The summed E-state index contributed by atoms with van der Waals surface area (Å²) in [6.45, 7) is 3.47. The Labute approximate surface area is 152 Å². The minimum atomic E-state index is -0.431. The Bertz CT molecular complexity index is 740. The van der Waals surface area contributed by atoms with Gasteiger partial charge in [0, 0.05) is 26.1 Å². The number of methoxy groups -OCH3 is 1. The van der Waals surface area contributed by atoms with E-state index in [1.807, 2.05) is 12.1 Å². The Morgan fingerprint density at radius 2 is 2.08 bits per heavy atom. The van der Waals surface area contributed by atoms with Gasteiger partial charge in [-0.25, -0.2) is 14.4 Å². The minimum absolute atomic E-state index is 0.107. The van der Waals surface area contributed by atoms with Crippen molar-refractivity contribution in [3.63, 3.8) is 0 Å². The van der Waals surface area contributed by atoms with Gasteiger partial charge in [-0.1, -0.05) is 12.1 Å². The molecule has 3 heterocycles. The lowest BCUT2D eigenvalue weighted by Crippen LogP contribution is -2.33. The molecule has 2 fully saturated rings. The predicted molar refractivity (Wildman–Crippen MR) is 95.6 cm³/mol. The van der Waals surface area contributed by atoms with Crippen LogP contribution in [0, 0.1) is 5.82 Å². The van der Waals surface area contributed by atoms with Crippen molar-refractivity contribution in [3.05, 3.63) is 48.0 Å². The lowest BCUT2D eigenvalue weighted by atomic mass is 9.97. The van der Waals surface area contributed by atoms with Crippen molar-refractivity contribution in [2.45, 2.75) is 31.0 Å². The van der Waals surface area contributed by atoms with Gasteiger partial charge in [0.25, 0.3) is 0 Å². The minimum Gasteiger partial charge on any atom is -0.497 e. The summed E-state index contributed by atoms with van der Waals surface area (Å²) in [5, 5.41) is 3.25. The maximum Gasteiger partial charge on any atom is 0.223 e. The highest BCUT2D eigenvalue weighted by Gasteiger charge is 2.45. The van der Waals surface area contributed by atoms with Crippen LogP contribution >= 0.6 is 0 Å². The van der Waals surface area contributed by atoms with Gasteiger partial charge in [-0.2, -0.15) is 0 Å². The number of nitrogens with one attached hydrogen (secondary N) is 1. The van der Waals surface area contributed by atoms with E-state index >= 15 is 0 Å². The fourth-order valence-corrected chi connectivity index (χ4v) is 3.84. The van der Waals surface area contributed by atoms with Gasteiger partial charge in [0.05, 0.1) is 37.8 Å². The normalized spacial score (nSPS) is 25.7. The molecule has 1 aromatic heterocycles. The molecule has 0 amide bonds. The van der Waals surface area contributed by atoms with Gasteiger partial charge in [-0.05, 0) is 24.1 Å². The lowest BCUT2D eigenvalue weighted by molar-refractivity contribution is 0.0120. The first kappa shape index (κ1) is 17.2. The first-order valence-corrected chi connectivity index (χ1v) is 8.87. The van der Waals surface area contributed by atoms with Crippen LogP contribution in [0.25, 0.3) is 0 Å². The van der Waals surface area contributed by atoms with Crippen LogP contribution in [0.15, 0.2) is 36.7 Å². The molecule has 2 aliphatic heterocycles. The fraction of sp³-hybridized carbons (Fsp3) is 0.474. The number of halogens is 1. The van der Waals surface area contributed by atoms with E-state index in [4.69, 9.17) is 9.47 Å². The predicted octanol–water partition coefficient (Wildman–Crippen LogP) is 2.47. The van der Waals surface area contributed by atoms with Crippen LogP contribution < -0.4 is 10.1 Å². The Hall–Kier alpha value is -2.25. The van der Waals surface area contributed by atoms with E-state index in [1.165, 1.54) is 18.0 Å². The SMILES string of the molecule is COc1ccc(CN2CC[C@]3(C[C@@H](Nc4ncc(F)cn4)CO3)C2)cc1. The molecule has 0 unspecified atom stereocenters. The molecule has 6 nitrogen and oxygen atoms in total. The monoisotopic (exact) mass is 358 g/mol. The number of rotatable bonds is 5. The number of nitrogens with zero attached hydrogens (tertiary/aromatic N) is 3. The Kier molecular flexibility index (Phi) is 4.74. The highest BCUT2D eigenvalue weighted by atomic mass is 19.1. The Balaban J connectivity index is 1.32. The van der Waals surface area contributed by atoms with E-state index in [9.17, 15) is 4.39 Å². The molecule has 1 spiro atoms. The van der Waals surface area contributed by atoms with E-state index < -0.39 is 5.82 Å². The van der Waals surface area contributed by atoms with Crippen molar-refractivity contribution >= 4 is 5.95 Å². The molecule has 1 aromatic carbocycles. The molecule has 0 bridgehead atoms. The number of ether oxygens (including phenoxy) is 2. The maximum atomic E-state index is 12.9. The molecule has 2 aliphatic rings. The number of hydrogen-bond donors (Lipinski definition) is 1. The molecule has 2 aromatic rings. The third-order valence-electron chi connectivity index (χ3n) is 5.12. The number of likely N-dealkylation sites (tertiary alicyclic amines) is 1. The van der Waals surface area contributed by atoms with E-state index in [0.717, 1.165) is 38.2 Å². The molecule has 0 aliphatic carbocycles. The van der Waals surface area contributed by atoms with E-state index in [2.05, 4.69) is 32.3 Å². The van der Waals surface area contributed by atoms with Gasteiger partial charge in [-0.3, -0.25) is 4.90 Å². The summed E-state index contributed by atoms with van der Waals surface area (Å²) in [7, 11) is 1.68. The van der Waals surface area contributed by atoms with Gasteiger partial charge < -0.3 is 14.8 Å². The quantitative estimate of drug-likeness (QED) is 0.886. The molecular formula is C19H23FN4O2. The van der Waals surface area contributed by atoms with Crippen LogP contribution in [-0.2, 0) is 11.3 Å². The second kappa shape index (κ2) is 7.17. The second-order valence-electron chi connectivity index (χ2n) is 7.07. The Morgan fingerprint density at radius 1 is 1.31 bits per heavy atom. The van der Waals surface area contributed by atoms with Crippen LogP contribution in [0.1, 0.15) is 18.4 Å². The zero-order valence-electron chi connectivity index (χ0n) is 14.8. The number of hydrogen-bond acceptors (Lipinski definition) is 6. The third-order valence-corrected chi connectivity index (χ3v) is 5.12. The molecule has 7 heteroatoms. The fourth-order valence-electron chi connectivity index (χ4n) is 3.84. The Morgan fingerprint density at radius 3 is 2.81 bits per heavy atom. The van der Waals surface area contributed by atoms with Crippen LogP contribution in [0.3, 0.4) is 0 Å². The molecule has 0 saturated carbocycles. The second-order valence-corrected chi connectivity index (χ2v) is 7.07. The molecular weight excluding hydrogens is 335 g/mol. The number of anilines is 1. The molecule has 0 radical (unpaired) electrons. The van der Waals surface area contributed by atoms with Gasteiger partial charge in [0.2, 0.25) is 5.95 Å². The van der Waals surface area contributed by atoms with Gasteiger partial charge >= 0.3 is 0 Å². The molecule has 1 N–H and O–H groups in total. The van der Waals surface area contributed by atoms with Crippen LogP contribution in [0.4, 0.5) is 10.3 Å². The van der Waals surface area contributed by atoms with Crippen molar-refractivity contribution in [2.24, 2.45) is 0 Å². The van der Waals surface area contributed by atoms with Crippen molar-refractivity contribution in [3.8, 4) is 5.75 Å². The van der Waals surface area contributed by atoms with E-state index in [0.29, 0.717) is 12.6 Å². The zero-order chi connectivity index (χ0) is 18.0. The van der Waals surface area contributed by atoms with Gasteiger partial charge in [0.15, 0.2) is 5.82 Å². The smallest absolute Gasteiger partial charge is 0.223 e. The zero-order valence-corrected chi connectivity index (χ0v) is 14.8. The molecule has 26 heavy (non-hydrogen) atoms. The molecule has 2 atom stereocenters. The van der Waals surface area contributed by atoms with Crippen LogP contribution in [-0.4, -0.2) is 53.3 Å². The summed E-state index contributed by atoms with van der Waals surface area (Å²) >= 11 is 0. The average molecular weight is 358 g/mol. The molecule has 138 valence electrons. The van der Waals surface area contributed by atoms with E-state index in [-0.39, 0.29) is 11.6 Å². The third kappa shape index (κ3) is 3.78. The van der Waals surface area contributed by atoms with Crippen molar-refractivity contribution in [1.82, 2.24) is 14.9 Å². The van der Waals surface area contributed by atoms with Crippen molar-refractivity contribution in [1.29, 1.82) is 0 Å². The topological polar surface area (TPSA) is 59.5 Å². The highest BCUT2D eigenvalue weighted by molar-refractivity contribution is 5.28. The van der Waals surface area contributed by atoms with Crippen molar-refractivity contribution < 1.29 is 13.9 Å². The lowest BCUT2D eigenvalue weighted by Gasteiger charge is -2.23. The largest absolute Gasteiger partial charge is 0.497 e. The van der Waals surface area contributed by atoms with Gasteiger partial charge in [-0.15, -0.1) is 0 Å². The summed E-state index contributed by atoms with van der Waals surface area (Å²) < 4.78 is 24.3. The number of aromatic nitrogens is 2. The summed E-state index contributed by atoms with van der Waals surface area (Å²) in [5.41, 5.74) is 1.17. The van der Waals surface area contributed by atoms with E-state index in [1.54, 1.807) is 7.11 Å². The highest BCUT2D eigenvalue weighted by Crippen LogP contribution is 2.36. The number of benzene rings is 1. The standard InChI is InChI=1S/C19H23FN4O2/c1-25-17-4-2-14(3-5-17)11-24-7-6-19(13-24)8-16(12-26-19)23-18-21-9-15(20)10-22-18/h2-5,9-10,16H,6-8,11-13H2,1H3,(H,21,22,23)/t16-,19+/m1/s1. The van der Waals surface area contributed by atoms with Crippen LogP contribution in [0.5, 0.6) is 5.75 Å². The average Bonchev–Trinajstić information content (AvgIpc) is 3.24. The summed E-state index contributed by atoms with van der Waals surface area (Å²) in [6, 6.07) is 8.36. The summed E-state index contributed by atoms with van der Waals surface area (Å²) in [6.07, 6.45) is 4.28. The maximum absolute atomic E-state index is 12.9. The van der Waals surface area contributed by atoms with Crippen molar-refractivity contribution in [2.75, 3.05) is 32.1 Å². The summed E-state index contributed by atoms with van der Waals surface area (Å²) in [4.78, 5) is 10.4. The summed E-state index contributed by atoms with van der Waals surface area (Å²) in [5.74, 6) is 0.896. The van der Waals surface area contributed by atoms with Crippen LogP contribution in [0.2, 0.25) is 0 Å². The molecule has 2 saturated heterocycles. The molecule has 4 rings (SSSR count). The van der Waals surface area contributed by atoms with Gasteiger partial charge in [0.1, 0.15) is 5.75 Å².